The van der Waals surface area contributed by atoms with Crippen LogP contribution in [0.25, 0.3) is 0 Å². The highest BCUT2D eigenvalue weighted by atomic mass is 16.3. The topological polar surface area (TPSA) is 23.5 Å². The van der Waals surface area contributed by atoms with Gasteiger partial charge in [-0.1, -0.05) is 25.5 Å². The number of hydrogen-bond donors (Lipinski definition) is 1. The summed E-state index contributed by atoms with van der Waals surface area (Å²) in [6, 6.07) is 8.07. The quantitative estimate of drug-likeness (QED) is 0.798. The lowest BCUT2D eigenvalue weighted by Crippen LogP contribution is -2.31. The van der Waals surface area contributed by atoms with Gasteiger partial charge < -0.3 is 10.0 Å². The van der Waals surface area contributed by atoms with Gasteiger partial charge in [0.1, 0.15) is 5.75 Å². The maximum Gasteiger partial charge on any atom is 0.115 e. The molecule has 1 aromatic rings. The first-order chi connectivity index (χ1) is 7.63. The first-order valence-corrected chi connectivity index (χ1v) is 6.11. The van der Waals surface area contributed by atoms with Gasteiger partial charge >= 0.3 is 0 Å². The molecule has 2 nitrogen and oxygen atoms in total. The Labute approximate surface area is 98.9 Å². The lowest BCUT2D eigenvalue weighted by molar-refractivity contribution is 0.252. The lowest BCUT2D eigenvalue weighted by Gasteiger charge is -2.24. The third kappa shape index (κ3) is 4.23. The molecule has 1 atom stereocenters. The highest BCUT2D eigenvalue weighted by Crippen LogP contribution is 2.13. The van der Waals surface area contributed by atoms with E-state index in [-0.39, 0.29) is 0 Å². The van der Waals surface area contributed by atoms with Crippen molar-refractivity contribution in [3.05, 3.63) is 29.8 Å². The predicted octanol–water partition coefficient (Wildman–Crippen LogP) is 3.06. The second-order valence-corrected chi connectivity index (χ2v) is 4.55. The Morgan fingerprint density at radius 3 is 2.44 bits per heavy atom. The number of likely N-dealkylation sites (N-methyl/N-ethyl adjacent to an activating group) is 1. The van der Waals surface area contributed by atoms with Crippen molar-refractivity contribution in [3.63, 3.8) is 0 Å². The monoisotopic (exact) mass is 221 g/mol. The molecule has 0 saturated carbocycles. The minimum atomic E-state index is 0.343. The van der Waals surface area contributed by atoms with E-state index in [0.717, 1.165) is 13.0 Å². The zero-order valence-corrected chi connectivity index (χ0v) is 10.6. The summed E-state index contributed by atoms with van der Waals surface area (Å²) in [5, 5.41) is 9.21. The maximum atomic E-state index is 9.21. The number of nitrogens with zero attached hydrogens (tertiary/aromatic N) is 1. The SMILES string of the molecule is CCCCN(C)C(C)Cc1ccc(O)cc1. The molecule has 16 heavy (non-hydrogen) atoms. The fourth-order valence-electron chi connectivity index (χ4n) is 1.76. The molecule has 0 aromatic heterocycles. The molecule has 0 saturated heterocycles. The maximum absolute atomic E-state index is 9.21. The summed E-state index contributed by atoms with van der Waals surface area (Å²) in [6.45, 7) is 5.64. The van der Waals surface area contributed by atoms with E-state index in [9.17, 15) is 5.11 Å². The van der Waals surface area contributed by atoms with Gasteiger partial charge in [-0.2, -0.15) is 0 Å². The Morgan fingerprint density at radius 2 is 1.88 bits per heavy atom. The summed E-state index contributed by atoms with van der Waals surface area (Å²) in [5.41, 5.74) is 1.29. The first kappa shape index (κ1) is 13.0. The molecule has 0 bridgehead atoms. The molecule has 0 aliphatic heterocycles. The van der Waals surface area contributed by atoms with Crippen LogP contribution in [0.3, 0.4) is 0 Å². The van der Waals surface area contributed by atoms with Crippen LogP contribution in [0.2, 0.25) is 0 Å². The van der Waals surface area contributed by atoms with Crippen LogP contribution >= 0.6 is 0 Å². The fraction of sp³-hybridized carbons (Fsp3) is 0.571. The van der Waals surface area contributed by atoms with Gasteiger partial charge in [0, 0.05) is 6.04 Å². The summed E-state index contributed by atoms with van der Waals surface area (Å²) in [6.07, 6.45) is 3.55. The third-order valence-corrected chi connectivity index (χ3v) is 3.08. The van der Waals surface area contributed by atoms with E-state index >= 15 is 0 Å². The fourth-order valence-corrected chi connectivity index (χ4v) is 1.76. The Hall–Kier alpha value is -1.02. The number of benzene rings is 1. The van der Waals surface area contributed by atoms with Crippen LogP contribution in [0.1, 0.15) is 32.3 Å². The van der Waals surface area contributed by atoms with Gasteiger partial charge in [0.25, 0.3) is 0 Å². The van der Waals surface area contributed by atoms with Crippen molar-refractivity contribution in [2.24, 2.45) is 0 Å². The normalized spacial score (nSPS) is 13.0. The molecule has 1 aromatic carbocycles. The Balaban J connectivity index is 2.43. The number of unbranched alkanes of at least 4 members (excludes halogenated alkanes) is 1. The van der Waals surface area contributed by atoms with E-state index in [1.54, 1.807) is 12.1 Å². The third-order valence-electron chi connectivity index (χ3n) is 3.08. The van der Waals surface area contributed by atoms with Crippen molar-refractivity contribution in [1.82, 2.24) is 4.90 Å². The summed E-state index contributed by atoms with van der Waals surface area (Å²) in [4.78, 5) is 2.40. The molecule has 1 rings (SSSR count). The molecule has 1 N–H and O–H groups in total. The average Bonchev–Trinajstić information content (AvgIpc) is 2.29. The van der Waals surface area contributed by atoms with Gasteiger partial charge in [-0.15, -0.1) is 0 Å². The highest BCUT2D eigenvalue weighted by Gasteiger charge is 2.09. The lowest BCUT2D eigenvalue weighted by atomic mass is 10.1. The van der Waals surface area contributed by atoms with Gasteiger partial charge in [-0.05, 0) is 51.1 Å². The summed E-state index contributed by atoms with van der Waals surface area (Å²) in [5.74, 6) is 0.343. The van der Waals surface area contributed by atoms with E-state index < -0.39 is 0 Å². The van der Waals surface area contributed by atoms with E-state index in [1.165, 1.54) is 18.4 Å². The minimum absolute atomic E-state index is 0.343. The van der Waals surface area contributed by atoms with Crippen molar-refractivity contribution in [3.8, 4) is 5.75 Å². The minimum Gasteiger partial charge on any atom is -0.508 e. The average molecular weight is 221 g/mol. The molecule has 0 heterocycles. The Morgan fingerprint density at radius 1 is 1.25 bits per heavy atom. The van der Waals surface area contributed by atoms with Crippen molar-refractivity contribution in [2.75, 3.05) is 13.6 Å². The molecular formula is C14H23NO. The summed E-state index contributed by atoms with van der Waals surface area (Å²) in [7, 11) is 2.18. The second kappa shape index (κ2) is 6.54. The van der Waals surface area contributed by atoms with Gasteiger partial charge in [-0.3, -0.25) is 0 Å². The predicted molar refractivity (Wildman–Crippen MR) is 68.8 cm³/mol. The highest BCUT2D eigenvalue weighted by molar-refractivity contribution is 5.26. The smallest absolute Gasteiger partial charge is 0.115 e. The molecule has 0 fully saturated rings. The van der Waals surface area contributed by atoms with E-state index in [1.807, 2.05) is 12.1 Å². The van der Waals surface area contributed by atoms with Gasteiger partial charge in [0.05, 0.1) is 0 Å². The molecule has 1 unspecified atom stereocenters. The number of hydrogen-bond acceptors (Lipinski definition) is 2. The molecule has 0 spiro atoms. The molecule has 0 aliphatic carbocycles. The van der Waals surface area contributed by atoms with Crippen LogP contribution in [0.5, 0.6) is 5.75 Å². The zero-order chi connectivity index (χ0) is 12.0. The van der Waals surface area contributed by atoms with Crippen molar-refractivity contribution >= 4 is 0 Å². The van der Waals surface area contributed by atoms with E-state index in [4.69, 9.17) is 0 Å². The van der Waals surface area contributed by atoms with Crippen LogP contribution in [-0.2, 0) is 6.42 Å². The Kier molecular flexibility index (Phi) is 5.33. The van der Waals surface area contributed by atoms with Crippen molar-refractivity contribution < 1.29 is 5.11 Å². The standard InChI is InChI=1S/C14H23NO/c1-4-5-10-15(3)12(2)11-13-6-8-14(16)9-7-13/h6-9,12,16H,4-5,10-11H2,1-3H3. The summed E-state index contributed by atoms with van der Waals surface area (Å²) < 4.78 is 0. The van der Waals surface area contributed by atoms with Crippen LogP contribution in [0.4, 0.5) is 0 Å². The second-order valence-electron chi connectivity index (χ2n) is 4.55. The van der Waals surface area contributed by atoms with Crippen LogP contribution in [-0.4, -0.2) is 29.6 Å². The Bertz CT molecular complexity index is 294. The van der Waals surface area contributed by atoms with Crippen molar-refractivity contribution in [2.45, 2.75) is 39.2 Å². The number of phenolic OH excluding ortho intramolecular Hbond substituents is 1. The largest absolute Gasteiger partial charge is 0.508 e. The molecule has 0 aliphatic rings. The van der Waals surface area contributed by atoms with Gasteiger partial charge in [-0.25, -0.2) is 0 Å². The molecule has 0 radical (unpaired) electrons. The van der Waals surface area contributed by atoms with Gasteiger partial charge in [0.15, 0.2) is 0 Å². The zero-order valence-electron chi connectivity index (χ0n) is 10.6. The molecular weight excluding hydrogens is 198 g/mol. The van der Waals surface area contributed by atoms with Gasteiger partial charge in [0.2, 0.25) is 0 Å². The molecule has 0 amide bonds. The number of phenols is 1. The van der Waals surface area contributed by atoms with E-state index in [2.05, 4.69) is 25.8 Å². The number of aromatic hydroxyl groups is 1. The molecule has 2 heteroatoms. The van der Waals surface area contributed by atoms with Crippen LogP contribution in [0, 0.1) is 0 Å². The van der Waals surface area contributed by atoms with Crippen LogP contribution in [0.15, 0.2) is 24.3 Å². The van der Waals surface area contributed by atoms with Crippen molar-refractivity contribution in [1.29, 1.82) is 0 Å². The number of rotatable bonds is 6. The van der Waals surface area contributed by atoms with Crippen LogP contribution < -0.4 is 0 Å². The summed E-state index contributed by atoms with van der Waals surface area (Å²) >= 11 is 0. The first-order valence-electron chi connectivity index (χ1n) is 6.11. The van der Waals surface area contributed by atoms with E-state index in [0.29, 0.717) is 11.8 Å². The molecule has 90 valence electrons.